The maximum Gasteiger partial charge on any atom is 0.288 e. The molecule has 1 aliphatic heterocycles. The van der Waals surface area contributed by atoms with Crippen LogP contribution in [0.1, 0.15) is 10.4 Å². The van der Waals surface area contributed by atoms with Crippen molar-refractivity contribution in [3.05, 3.63) is 64.2 Å². The smallest absolute Gasteiger partial charge is 0.288 e. The van der Waals surface area contributed by atoms with Crippen molar-refractivity contribution >= 4 is 29.0 Å². The molecule has 0 unspecified atom stereocenters. The van der Waals surface area contributed by atoms with Crippen LogP contribution >= 0.6 is 11.8 Å². The van der Waals surface area contributed by atoms with Gasteiger partial charge in [0, 0.05) is 54.5 Å². The van der Waals surface area contributed by atoms with Gasteiger partial charge < -0.3 is 9.80 Å². The van der Waals surface area contributed by atoms with Crippen LogP contribution in [0, 0.1) is 10.1 Å². The maximum absolute atomic E-state index is 12.6. The van der Waals surface area contributed by atoms with Gasteiger partial charge in [-0.3, -0.25) is 14.9 Å². The molecule has 0 aliphatic carbocycles. The first kappa shape index (κ1) is 19.1. The highest BCUT2D eigenvalue weighted by atomic mass is 32.2. The molecule has 0 N–H and O–H groups in total. The van der Waals surface area contributed by atoms with Crippen molar-refractivity contribution in [2.75, 3.05) is 31.1 Å². The molecule has 3 rings (SSSR count). The highest BCUT2D eigenvalue weighted by Gasteiger charge is 2.23. The highest BCUT2D eigenvalue weighted by Crippen LogP contribution is 2.26. The monoisotopic (exact) mass is 393 g/mol. The molecule has 0 spiro atoms. The van der Waals surface area contributed by atoms with Crippen molar-refractivity contribution in [1.82, 2.24) is 4.90 Å². The Morgan fingerprint density at radius 1 is 1.07 bits per heavy atom. The topological polar surface area (TPSA) is 66.7 Å². The standard InChI is InChI=1S/C18H17F2N3O3S/c19-18(20)27-16-6-4-13(5-7-16)17(24)22-10-8-21(9-11-22)14-2-1-3-15(12-14)23(25)26/h1-7,12,18H,8-11H2. The minimum Gasteiger partial charge on any atom is -0.368 e. The number of non-ortho nitro benzene ring substituents is 1. The van der Waals surface area contributed by atoms with E-state index in [4.69, 9.17) is 0 Å². The van der Waals surface area contributed by atoms with E-state index in [0.717, 1.165) is 5.69 Å². The Bertz CT molecular complexity index is 825. The van der Waals surface area contributed by atoms with Crippen LogP contribution in [0.2, 0.25) is 0 Å². The van der Waals surface area contributed by atoms with Gasteiger partial charge in [0.05, 0.1) is 4.92 Å². The zero-order chi connectivity index (χ0) is 19.4. The van der Waals surface area contributed by atoms with Crippen molar-refractivity contribution in [3.63, 3.8) is 0 Å². The number of thioether (sulfide) groups is 1. The fourth-order valence-electron chi connectivity index (χ4n) is 2.93. The van der Waals surface area contributed by atoms with Crippen molar-refractivity contribution < 1.29 is 18.5 Å². The number of rotatable bonds is 5. The summed E-state index contributed by atoms with van der Waals surface area (Å²) in [6.45, 7) is 2.09. The van der Waals surface area contributed by atoms with E-state index in [9.17, 15) is 23.7 Å². The van der Waals surface area contributed by atoms with Gasteiger partial charge in [-0.15, -0.1) is 0 Å². The lowest BCUT2D eigenvalue weighted by Gasteiger charge is -2.36. The molecule has 1 aliphatic rings. The molecule has 9 heteroatoms. The normalized spacial score (nSPS) is 14.5. The minimum atomic E-state index is -2.49. The summed E-state index contributed by atoms with van der Waals surface area (Å²) in [5.41, 5.74) is 1.25. The van der Waals surface area contributed by atoms with Gasteiger partial charge >= 0.3 is 0 Å². The zero-order valence-electron chi connectivity index (χ0n) is 14.3. The van der Waals surface area contributed by atoms with Crippen LogP contribution < -0.4 is 4.90 Å². The number of nitrogens with zero attached hydrogens (tertiary/aromatic N) is 3. The summed E-state index contributed by atoms with van der Waals surface area (Å²) in [7, 11) is 0. The molecule has 0 saturated carbocycles. The van der Waals surface area contributed by atoms with E-state index < -0.39 is 10.7 Å². The molecule has 0 bridgehead atoms. The Balaban J connectivity index is 1.61. The molecule has 0 atom stereocenters. The second-order valence-electron chi connectivity index (χ2n) is 5.96. The first-order chi connectivity index (χ1) is 12.9. The summed E-state index contributed by atoms with van der Waals surface area (Å²) in [6.07, 6.45) is 0. The van der Waals surface area contributed by atoms with Crippen molar-refractivity contribution in [3.8, 4) is 0 Å². The largest absolute Gasteiger partial charge is 0.368 e. The van der Waals surface area contributed by atoms with Crippen molar-refractivity contribution in [2.24, 2.45) is 0 Å². The van der Waals surface area contributed by atoms with E-state index in [1.165, 1.54) is 24.3 Å². The molecule has 1 heterocycles. The van der Waals surface area contributed by atoms with Crippen LogP contribution in [0.4, 0.5) is 20.2 Å². The molecular weight excluding hydrogens is 376 g/mol. The summed E-state index contributed by atoms with van der Waals surface area (Å²) in [5.74, 6) is -2.64. The van der Waals surface area contributed by atoms with Gasteiger partial charge in [0.15, 0.2) is 0 Å². The van der Waals surface area contributed by atoms with Crippen molar-refractivity contribution in [1.29, 1.82) is 0 Å². The third-order valence-corrected chi connectivity index (χ3v) is 5.02. The number of hydrogen-bond acceptors (Lipinski definition) is 5. The quantitative estimate of drug-likeness (QED) is 0.438. The van der Waals surface area contributed by atoms with Gasteiger partial charge in [-0.05, 0) is 30.3 Å². The van der Waals surface area contributed by atoms with E-state index in [1.807, 2.05) is 11.0 Å². The Morgan fingerprint density at radius 2 is 1.74 bits per heavy atom. The highest BCUT2D eigenvalue weighted by molar-refractivity contribution is 7.99. The number of amides is 1. The molecule has 142 valence electrons. The second-order valence-corrected chi connectivity index (χ2v) is 7.02. The Hall–Kier alpha value is -2.68. The Kier molecular flexibility index (Phi) is 5.90. The minimum absolute atomic E-state index is 0.0350. The van der Waals surface area contributed by atoms with E-state index in [2.05, 4.69) is 0 Å². The molecule has 1 saturated heterocycles. The molecule has 1 amide bonds. The SMILES string of the molecule is O=C(c1ccc(SC(F)F)cc1)N1CCN(c2cccc([N+](=O)[O-])c2)CC1. The number of halogens is 2. The van der Waals surface area contributed by atoms with Crippen molar-refractivity contribution in [2.45, 2.75) is 10.7 Å². The molecule has 2 aromatic rings. The maximum atomic E-state index is 12.6. The van der Waals surface area contributed by atoms with Gasteiger partial charge in [0.2, 0.25) is 0 Å². The number of piperazine rings is 1. The number of hydrogen-bond donors (Lipinski definition) is 0. The fourth-order valence-corrected chi connectivity index (χ4v) is 3.43. The third-order valence-electron chi connectivity index (χ3n) is 4.30. The Morgan fingerprint density at radius 3 is 2.33 bits per heavy atom. The average molecular weight is 393 g/mol. The van der Waals surface area contributed by atoms with E-state index in [1.54, 1.807) is 23.1 Å². The van der Waals surface area contributed by atoms with Gasteiger partial charge in [0.25, 0.3) is 17.4 Å². The summed E-state index contributed by atoms with van der Waals surface area (Å²) in [6, 6.07) is 12.6. The predicted octanol–water partition coefficient (Wildman–Crippen LogP) is 3.87. The predicted molar refractivity (Wildman–Crippen MR) is 99.5 cm³/mol. The van der Waals surface area contributed by atoms with Crippen LogP contribution in [-0.2, 0) is 0 Å². The molecule has 6 nitrogen and oxygen atoms in total. The first-order valence-electron chi connectivity index (χ1n) is 8.27. The lowest BCUT2D eigenvalue weighted by atomic mass is 10.1. The summed E-state index contributed by atoms with van der Waals surface area (Å²) < 4.78 is 24.7. The van der Waals surface area contributed by atoms with Crippen LogP contribution in [-0.4, -0.2) is 47.7 Å². The summed E-state index contributed by atoms with van der Waals surface area (Å²) in [4.78, 5) is 27.2. The number of alkyl halides is 2. The van der Waals surface area contributed by atoms with Gasteiger partial charge in [-0.25, -0.2) is 0 Å². The van der Waals surface area contributed by atoms with E-state index in [0.29, 0.717) is 48.4 Å². The van der Waals surface area contributed by atoms with Gasteiger partial charge in [0.1, 0.15) is 0 Å². The molecule has 27 heavy (non-hydrogen) atoms. The molecule has 0 radical (unpaired) electrons. The lowest BCUT2D eigenvalue weighted by molar-refractivity contribution is -0.384. The zero-order valence-corrected chi connectivity index (χ0v) is 15.1. The van der Waals surface area contributed by atoms with E-state index in [-0.39, 0.29) is 11.6 Å². The number of carbonyl (C=O) groups is 1. The number of carbonyl (C=O) groups excluding carboxylic acids is 1. The van der Waals surface area contributed by atoms with Crippen LogP contribution in [0.3, 0.4) is 0 Å². The number of anilines is 1. The number of nitro groups is 1. The molecule has 0 aromatic heterocycles. The van der Waals surface area contributed by atoms with Crippen LogP contribution in [0.5, 0.6) is 0 Å². The molecular formula is C18H17F2N3O3S. The van der Waals surface area contributed by atoms with Gasteiger partial charge in [-0.2, -0.15) is 8.78 Å². The average Bonchev–Trinajstić information content (AvgIpc) is 2.68. The van der Waals surface area contributed by atoms with Crippen LogP contribution in [0.15, 0.2) is 53.4 Å². The Labute approximate surface area is 158 Å². The number of nitro benzene ring substituents is 1. The van der Waals surface area contributed by atoms with Crippen LogP contribution in [0.25, 0.3) is 0 Å². The number of benzene rings is 2. The van der Waals surface area contributed by atoms with E-state index >= 15 is 0 Å². The third kappa shape index (κ3) is 4.73. The second kappa shape index (κ2) is 8.34. The summed E-state index contributed by atoms with van der Waals surface area (Å²) in [5, 5.41) is 10.9. The fraction of sp³-hybridized carbons (Fsp3) is 0.278. The lowest BCUT2D eigenvalue weighted by Crippen LogP contribution is -2.48. The molecule has 1 fully saturated rings. The molecule has 2 aromatic carbocycles. The summed E-state index contributed by atoms with van der Waals surface area (Å²) >= 11 is 0.443. The first-order valence-corrected chi connectivity index (χ1v) is 9.15. The van der Waals surface area contributed by atoms with Gasteiger partial charge in [-0.1, -0.05) is 17.8 Å².